The number of anilines is 1. The molecule has 3 rings (SSSR count). The van der Waals surface area contributed by atoms with Crippen molar-refractivity contribution < 1.29 is 5.11 Å². The fourth-order valence-electron chi connectivity index (χ4n) is 2.00. The Balaban J connectivity index is 1.97. The average Bonchev–Trinajstić information content (AvgIpc) is 2.93. The zero-order valence-corrected chi connectivity index (χ0v) is 11.2. The van der Waals surface area contributed by atoms with Crippen molar-refractivity contribution >= 4 is 28.6 Å². The Morgan fingerprint density at radius 2 is 2.05 bits per heavy atom. The lowest BCUT2D eigenvalue weighted by Gasteiger charge is -2.17. The van der Waals surface area contributed by atoms with Gasteiger partial charge in [0.1, 0.15) is 5.52 Å². The van der Waals surface area contributed by atoms with E-state index in [9.17, 15) is 5.11 Å². The molecular weight excluding hydrogens is 278 g/mol. The van der Waals surface area contributed by atoms with Gasteiger partial charge in [0.25, 0.3) is 0 Å². The third-order valence-corrected chi connectivity index (χ3v) is 3.12. The molecule has 0 amide bonds. The number of hydrogen-bond donors (Lipinski definition) is 3. The van der Waals surface area contributed by atoms with Gasteiger partial charge in [-0.15, -0.1) is 0 Å². The van der Waals surface area contributed by atoms with Crippen LogP contribution >= 0.6 is 11.6 Å². The molecule has 0 saturated heterocycles. The molecule has 0 unspecified atom stereocenters. The monoisotopic (exact) mass is 289 g/mol. The van der Waals surface area contributed by atoms with Crippen molar-refractivity contribution in [3.63, 3.8) is 0 Å². The largest absolute Gasteiger partial charge is 0.394 e. The fourth-order valence-corrected chi connectivity index (χ4v) is 2.16. The highest BCUT2D eigenvalue weighted by Gasteiger charge is 2.15. The minimum atomic E-state index is -0.284. The molecule has 102 valence electrons. The predicted octanol–water partition coefficient (Wildman–Crippen LogP) is 2.15. The zero-order chi connectivity index (χ0) is 13.9. The minimum Gasteiger partial charge on any atom is -0.394 e. The first kappa shape index (κ1) is 12.8. The molecule has 7 heteroatoms. The highest BCUT2D eigenvalue weighted by molar-refractivity contribution is 6.28. The van der Waals surface area contributed by atoms with E-state index in [4.69, 9.17) is 11.6 Å². The number of rotatable bonds is 4. The van der Waals surface area contributed by atoms with E-state index in [-0.39, 0.29) is 17.9 Å². The molecule has 3 N–H and O–H groups in total. The Morgan fingerprint density at radius 3 is 2.80 bits per heavy atom. The number of halogens is 1. The molecule has 0 bridgehead atoms. The van der Waals surface area contributed by atoms with Crippen LogP contribution < -0.4 is 5.32 Å². The van der Waals surface area contributed by atoms with Gasteiger partial charge in [-0.3, -0.25) is 0 Å². The summed E-state index contributed by atoms with van der Waals surface area (Å²) in [5.74, 6) is 0.514. The maximum absolute atomic E-state index is 9.57. The van der Waals surface area contributed by atoms with Gasteiger partial charge in [0.05, 0.1) is 19.0 Å². The van der Waals surface area contributed by atoms with Gasteiger partial charge in [-0.2, -0.15) is 9.97 Å². The molecule has 1 atom stereocenters. The van der Waals surface area contributed by atoms with Crippen LogP contribution in [0.25, 0.3) is 11.2 Å². The molecule has 0 spiro atoms. The maximum Gasteiger partial charge on any atom is 0.226 e. The van der Waals surface area contributed by atoms with E-state index in [0.29, 0.717) is 17.0 Å². The number of nitrogens with one attached hydrogen (secondary N) is 2. The summed E-state index contributed by atoms with van der Waals surface area (Å²) in [4.78, 5) is 15.2. The van der Waals surface area contributed by atoms with Crippen molar-refractivity contribution in [2.24, 2.45) is 0 Å². The highest BCUT2D eigenvalue weighted by atomic mass is 35.5. The summed E-state index contributed by atoms with van der Waals surface area (Å²) in [6, 6.07) is 9.33. The van der Waals surface area contributed by atoms with Crippen molar-refractivity contribution in [3.8, 4) is 0 Å². The first-order valence-corrected chi connectivity index (χ1v) is 6.44. The van der Waals surface area contributed by atoms with E-state index in [1.165, 1.54) is 6.33 Å². The van der Waals surface area contributed by atoms with Crippen LogP contribution in [-0.2, 0) is 0 Å². The number of aliphatic hydroxyl groups excluding tert-OH is 1. The molecule has 3 aromatic rings. The van der Waals surface area contributed by atoms with Gasteiger partial charge in [0, 0.05) is 0 Å². The first-order chi connectivity index (χ1) is 9.78. The van der Waals surface area contributed by atoms with Crippen LogP contribution in [0, 0.1) is 0 Å². The third-order valence-electron chi connectivity index (χ3n) is 2.95. The summed E-state index contributed by atoms with van der Waals surface area (Å²) in [6.45, 7) is -0.0682. The van der Waals surface area contributed by atoms with Crippen molar-refractivity contribution in [1.29, 1.82) is 0 Å². The molecule has 2 heterocycles. The van der Waals surface area contributed by atoms with Gasteiger partial charge in [-0.05, 0) is 17.2 Å². The number of aliphatic hydroxyl groups is 1. The molecule has 0 aliphatic rings. The zero-order valence-electron chi connectivity index (χ0n) is 10.4. The van der Waals surface area contributed by atoms with Crippen LogP contribution in [0.2, 0.25) is 5.28 Å². The summed E-state index contributed by atoms with van der Waals surface area (Å²) < 4.78 is 0. The fraction of sp³-hybridized carbons (Fsp3) is 0.154. The Morgan fingerprint density at radius 1 is 1.25 bits per heavy atom. The van der Waals surface area contributed by atoms with Gasteiger partial charge in [-0.25, -0.2) is 4.98 Å². The first-order valence-electron chi connectivity index (χ1n) is 6.07. The van der Waals surface area contributed by atoms with E-state index in [1.807, 2.05) is 30.3 Å². The van der Waals surface area contributed by atoms with Crippen LogP contribution in [-0.4, -0.2) is 31.6 Å². The molecule has 20 heavy (non-hydrogen) atoms. The van der Waals surface area contributed by atoms with Gasteiger partial charge in [0.15, 0.2) is 11.5 Å². The van der Waals surface area contributed by atoms with Gasteiger partial charge >= 0.3 is 0 Å². The van der Waals surface area contributed by atoms with Crippen LogP contribution in [0.3, 0.4) is 0 Å². The Hall–Kier alpha value is -2.18. The number of benzene rings is 1. The normalized spacial score (nSPS) is 12.5. The number of H-pyrrole nitrogens is 1. The highest BCUT2D eigenvalue weighted by Crippen LogP contribution is 2.23. The summed E-state index contributed by atoms with van der Waals surface area (Å²) in [7, 11) is 0. The number of aromatic nitrogens is 4. The molecule has 0 saturated carbocycles. The Kier molecular flexibility index (Phi) is 3.49. The number of aromatic amines is 1. The molecule has 0 aliphatic carbocycles. The molecule has 0 fully saturated rings. The molecule has 1 aromatic carbocycles. The van der Waals surface area contributed by atoms with Gasteiger partial charge < -0.3 is 15.4 Å². The van der Waals surface area contributed by atoms with E-state index in [1.54, 1.807) is 0 Å². The van der Waals surface area contributed by atoms with Crippen LogP contribution in [0.15, 0.2) is 36.7 Å². The quantitative estimate of drug-likeness (QED) is 0.641. The summed E-state index contributed by atoms with van der Waals surface area (Å²) in [5.41, 5.74) is 2.10. The minimum absolute atomic E-state index is 0.0682. The molecule has 0 radical (unpaired) electrons. The molecular formula is C13H12ClN5O. The summed E-state index contributed by atoms with van der Waals surface area (Å²) >= 11 is 5.87. The second kappa shape index (κ2) is 5.44. The van der Waals surface area contributed by atoms with Gasteiger partial charge in [0.2, 0.25) is 5.28 Å². The van der Waals surface area contributed by atoms with Crippen LogP contribution in [0.4, 0.5) is 5.82 Å². The summed E-state index contributed by atoms with van der Waals surface area (Å²) in [6.07, 6.45) is 1.53. The number of hydrogen-bond acceptors (Lipinski definition) is 5. The molecule has 6 nitrogen and oxygen atoms in total. The van der Waals surface area contributed by atoms with Crippen molar-refractivity contribution in [2.45, 2.75) is 6.04 Å². The van der Waals surface area contributed by atoms with E-state index >= 15 is 0 Å². The van der Waals surface area contributed by atoms with Crippen molar-refractivity contribution in [1.82, 2.24) is 19.9 Å². The SMILES string of the molecule is OC[C@@H](Nc1nc(Cl)nc2nc[nH]c12)c1ccccc1. The number of nitrogens with zero attached hydrogens (tertiary/aromatic N) is 3. The molecule has 2 aromatic heterocycles. The summed E-state index contributed by atoms with van der Waals surface area (Å²) in [5, 5.41) is 12.8. The molecule has 0 aliphatic heterocycles. The van der Waals surface area contributed by atoms with E-state index < -0.39 is 0 Å². The lowest BCUT2D eigenvalue weighted by molar-refractivity contribution is 0.276. The van der Waals surface area contributed by atoms with Crippen LogP contribution in [0.1, 0.15) is 11.6 Å². The lowest BCUT2D eigenvalue weighted by atomic mass is 10.1. The standard InChI is InChI=1S/C13H12ClN5O/c14-13-18-11-10(15-7-16-11)12(19-13)17-9(6-20)8-4-2-1-3-5-8/h1-5,7,9,20H,6H2,(H2,15,16,17,18,19)/t9-/m1/s1. The van der Waals surface area contributed by atoms with Crippen LogP contribution in [0.5, 0.6) is 0 Å². The predicted molar refractivity (Wildman–Crippen MR) is 76.6 cm³/mol. The maximum atomic E-state index is 9.57. The Labute approximate surface area is 119 Å². The second-order valence-electron chi connectivity index (χ2n) is 4.23. The van der Waals surface area contributed by atoms with E-state index in [0.717, 1.165) is 5.56 Å². The number of fused-ring (bicyclic) bond motifs is 1. The second-order valence-corrected chi connectivity index (χ2v) is 4.57. The smallest absolute Gasteiger partial charge is 0.226 e. The third kappa shape index (κ3) is 2.43. The average molecular weight is 290 g/mol. The van der Waals surface area contributed by atoms with Crippen molar-refractivity contribution in [3.05, 3.63) is 47.5 Å². The van der Waals surface area contributed by atoms with E-state index in [2.05, 4.69) is 25.3 Å². The number of imidazole rings is 1. The topological polar surface area (TPSA) is 86.7 Å². The lowest BCUT2D eigenvalue weighted by Crippen LogP contribution is -2.16. The van der Waals surface area contributed by atoms with Crippen molar-refractivity contribution in [2.75, 3.05) is 11.9 Å². The van der Waals surface area contributed by atoms with Gasteiger partial charge in [-0.1, -0.05) is 30.3 Å². The Bertz CT molecular complexity index is 715.